The molecule has 0 radical (unpaired) electrons. The number of rotatable bonds is 7. The van der Waals surface area contributed by atoms with Gasteiger partial charge in [0.25, 0.3) is 15.9 Å². The maximum absolute atomic E-state index is 13.1. The van der Waals surface area contributed by atoms with Gasteiger partial charge in [-0.15, -0.1) is 0 Å². The molecular formula is C24H25N3O4S. The highest BCUT2D eigenvalue weighted by Crippen LogP contribution is 2.21. The van der Waals surface area contributed by atoms with E-state index in [1.165, 1.54) is 17.0 Å². The van der Waals surface area contributed by atoms with Crippen LogP contribution in [0.1, 0.15) is 37.4 Å². The molecule has 0 saturated heterocycles. The first-order valence-electron chi connectivity index (χ1n) is 9.91. The second-order valence-electron chi connectivity index (χ2n) is 7.67. The van der Waals surface area contributed by atoms with Crippen LogP contribution in [-0.4, -0.2) is 32.2 Å². The number of aryl methyl sites for hydroxylation is 2. The summed E-state index contributed by atoms with van der Waals surface area (Å²) in [6.07, 6.45) is 0. The van der Waals surface area contributed by atoms with Gasteiger partial charge in [-0.2, -0.15) is 0 Å². The van der Waals surface area contributed by atoms with Crippen LogP contribution in [0.5, 0.6) is 0 Å². The second-order valence-corrected chi connectivity index (χ2v) is 9.36. The van der Waals surface area contributed by atoms with Crippen LogP contribution in [-0.2, 0) is 16.6 Å². The smallest absolute Gasteiger partial charge is 0.261 e. The maximum atomic E-state index is 13.1. The zero-order chi connectivity index (χ0) is 23.5. The van der Waals surface area contributed by atoms with Gasteiger partial charge < -0.3 is 10.6 Å². The zero-order valence-corrected chi connectivity index (χ0v) is 18.9. The first kappa shape index (κ1) is 23.0. The first-order chi connectivity index (χ1) is 15.1. The van der Waals surface area contributed by atoms with E-state index in [0.717, 1.165) is 11.1 Å². The van der Waals surface area contributed by atoms with Crippen molar-refractivity contribution in [3.05, 3.63) is 94.5 Å². The molecular weight excluding hydrogens is 426 g/mol. The van der Waals surface area contributed by atoms with E-state index < -0.39 is 15.9 Å². The van der Waals surface area contributed by atoms with E-state index in [4.69, 9.17) is 5.73 Å². The summed E-state index contributed by atoms with van der Waals surface area (Å²) < 4.78 is 28.3. The molecule has 0 aliphatic carbocycles. The van der Waals surface area contributed by atoms with Crippen molar-refractivity contribution in [2.24, 2.45) is 5.73 Å². The lowest BCUT2D eigenvalue weighted by Gasteiger charge is -2.19. The van der Waals surface area contributed by atoms with Gasteiger partial charge in [-0.05, 0) is 66.9 Å². The number of primary amides is 1. The molecule has 166 valence electrons. The number of anilines is 1. The van der Waals surface area contributed by atoms with Gasteiger partial charge in [-0.3, -0.25) is 14.3 Å². The van der Waals surface area contributed by atoms with Crippen LogP contribution < -0.4 is 10.5 Å². The number of carbonyl (C=O) groups excluding carboxylic acids is 2. The molecule has 3 aromatic carbocycles. The number of nitrogens with one attached hydrogen (secondary N) is 1. The van der Waals surface area contributed by atoms with E-state index in [1.807, 2.05) is 13.0 Å². The number of amides is 2. The third-order valence-electron chi connectivity index (χ3n) is 5.02. The minimum absolute atomic E-state index is 0.00664. The lowest BCUT2D eigenvalue weighted by Crippen LogP contribution is -2.27. The first-order valence-corrected chi connectivity index (χ1v) is 11.4. The Hall–Kier alpha value is -3.65. The molecule has 32 heavy (non-hydrogen) atoms. The highest BCUT2D eigenvalue weighted by molar-refractivity contribution is 7.92. The van der Waals surface area contributed by atoms with Crippen molar-refractivity contribution in [2.45, 2.75) is 25.3 Å². The number of sulfonamides is 1. The fourth-order valence-corrected chi connectivity index (χ4v) is 4.32. The van der Waals surface area contributed by atoms with E-state index in [1.54, 1.807) is 62.5 Å². The predicted molar refractivity (Wildman–Crippen MR) is 124 cm³/mol. The summed E-state index contributed by atoms with van der Waals surface area (Å²) in [5, 5.41) is 0. The summed E-state index contributed by atoms with van der Waals surface area (Å²) in [5.74, 6) is -0.831. The normalized spacial score (nSPS) is 11.1. The molecule has 3 rings (SSSR count). The van der Waals surface area contributed by atoms with Crippen molar-refractivity contribution < 1.29 is 18.0 Å². The number of carbonyl (C=O) groups is 2. The Balaban J connectivity index is 1.82. The second kappa shape index (κ2) is 9.23. The molecule has 7 nitrogen and oxygen atoms in total. The summed E-state index contributed by atoms with van der Waals surface area (Å²) in [5.41, 5.74) is 8.80. The van der Waals surface area contributed by atoms with Crippen LogP contribution in [0.25, 0.3) is 0 Å². The summed E-state index contributed by atoms with van der Waals surface area (Å²) in [6, 6.07) is 18.2. The quantitative estimate of drug-likeness (QED) is 0.573. The molecule has 0 saturated carbocycles. The summed E-state index contributed by atoms with van der Waals surface area (Å²) >= 11 is 0. The van der Waals surface area contributed by atoms with E-state index in [9.17, 15) is 18.0 Å². The number of hydrogen-bond donors (Lipinski definition) is 2. The average Bonchev–Trinajstić information content (AvgIpc) is 2.73. The van der Waals surface area contributed by atoms with Crippen molar-refractivity contribution in [1.29, 1.82) is 0 Å². The number of nitrogens with two attached hydrogens (primary N) is 1. The average molecular weight is 452 g/mol. The van der Waals surface area contributed by atoms with Gasteiger partial charge in [0.1, 0.15) is 0 Å². The van der Waals surface area contributed by atoms with Gasteiger partial charge in [0, 0.05) is 30.4 Å². The number of hydrogen-bond acceptors (Lipinski definition) is 4. The lowest BCUT2D eigenvalue weighted by molar-refractivity contribution is 0.0783. The SMILES string of the molecule is Cc1cccc(NS(=O)(=O)c2ccc(C)c(C(=O)N(C)Cc3ccc(C(N)=O)cc3)c2)c1. The Morgan fingerprint density at radius 2 is 1.66 bits per heavy atom. The van der Waals surface area contributed by atoms with Crippen LogP contribution in [0.15, 0.2) is 71.6 Å². The lowest BCUT2D eigenvalue weighted by atomic mass is 10.1. The van der Waals surface area contributed by atoms with Crippen LogP contribution >= 0.6 is 0 Å². The largest absolute Gasteiger partial charge is 0.366 e. The van der Waals surface area contributed by atoms with Crippen LogP contribution in [0.3, 0.4) is 0 Å². The number of nitrogens with zero attached hydrogens (tertiary/aromatic N) is 1. The van der Waals surface area contributed by atoms with E-state index in [2.05, 4.69) is 4.72 Å². The molecule has 0 heterocycles. The molecule has 0 fully saturated rings. The molecule has 2 amide bonds. The maximum Gasteiger partial charge on any atom is 0.261 e. The molecule has 0 spiro atoms. The van der Waals surface area contributed by atoms with Gasteiger partial charge in [-0.25, -0.2) is 8.42 Å². The molecule has 0 bridgehead atoms. The van der Waals surface area contributed by atoms with Gasteiger partial charge in [-0.1, -0.05) is 30.3 Å². The van der Waals surface area contributed by atoms with Crippen molar-refractivity contribution in [3.8, 4) is 0 Å². The number of benzene rings is 3. The molecule has 0 aliphatic heterocycles. The van der Waals surface area contributed by atoms with Gasteiger partial charge in [0.15, 0.2) is 0 Å². The van der Waals surface area contributed by atoms with Gasteiger partial charge >= 0.3 is 0 Å². The summed E-state index contributed by atoms with van der Waals surface area (Å²) in [7, 11) is -2.23. The molecule has 3 N–H and O–H groups in total. The third-order valence-corrected chi connectivity index (χ3v) is 6.40. The molecule has 8 heteroatoms. The molecule has 3 aromatic rings. The van der Waals surface area contributed by atoms with E-state index >= 15 is 0 Å². The Kier molecular flexibility index (Phi) is 6.64. The Morgan fingerprint density at radius 3 is 2.28 bits per heavy atom. The van der Waals surface area contributed by atoms with Crippen LogP contribution in [0.2, 0.25) is 0 Å². The van der Waals surface area contributed by atoms with Gasteiger partial charge in [0.2, 0.25) is 5.91 Å². The molecule has 0 aliphatic rings. The van der Waals surface area contributed by atoms with Crippen molar-refractivity contribution >= 4 is 27.5 Å². The molecule has 0 unspecified atom stereocenters. The Bertz CT molecular complexity index is 1270. The minimum Gasteiger partial charge on any atom is -0.366 e. The minimum atomic E-state index is -3.86. The van der Waals surface area contributed by atoms with E-state index in [0.29, 0.717) is 22.4 Å². The van der Waals surface area contributed by atoms with Gasteiger partial charge in [0.05, 0.1) is 4.90 Å². The standard InChI is InChI=1S/C24H25N3O4S/c1-16-5-4-6-20(13-16)26-32(30,31)21-12-7-17(2)22(14-21)24(29)27(3)15-18-8-10-19(11-9-18)23(25)28/h4-14,26H,15H2,1-3H3,(H2,25,28). The Morgan fingerprint density at radius 1 is 0.969 bits per heavy atom. The fourth-order valence-electron chi connectivity index (χ4n) is 3.25. The van der Waals surface area contributed by atoms with Crippen molar-refractivity contribution in [2.75, 3.05) is 11.8 Å². The Labute approximate surface area is 187 Å². The van der Waals surface area contributed by atoms with E-state index in [-0.39, 0.29) is 17.3 Å². The zero-order valence-electron chi connectivity index (χ0n) is 18.1. The monoisotopic (exact) mass is 451 g/mol. The molecule has 0 aromatic heterocycles. The van der Waals surface area contributed by atoms with Crippen molar-refractivity contribution in [3.63, 3.8) is 0 Å². The summed E-state index contributed by atoms with van der Waals surface area (Å²) in [4.78, 5) is 25.8. The highest BCUT2D eigenvalue weighted by Gasteiger charge is 2.20. The highest BCUT2D eigenvalue weighted by atomic mass is 32.2. The van der Waals surface area contributed by atoms with Crippen molar-refractivity contribution in [1.82, 2.24) is 4.90 Å². The van der Waals surface area contributed by atoms with Crippen LogP contribution in [0.4, 0.5) is 5.69 Å². The third kappa shape index (κ3) is 5.33. The molecule has 0 atom stereocenters. The fraction of sp³-hybridized carbons (Fsp3) is 0.167. The topological polar surface area (TPSA) is 110 Å². The summed E-state index contributed by atoms with van der Waals surface area (Å²) in [6.45, 7) is 3.92. The van der Waals surface area contributed by atoms with Crippen LogP contribution in [0, 0.1) is 13.8 Å². The predicted octanol–water partition coefficient (Wildman–Crippen LogP) is 3.48.